The number of rotatable bonds is 2. The highest BCUT2D eigenvalue weighted by atomic mass is 16.5. The summed E-state index contributed by atoms with van der Waals surface area (Å²) in [5.74, 6) is 2.10. The number of ketones is 1. The Morgan fingerprint density at radius 2 is 2.00 bits per heavy atom. The molecule has 1 atom stereocenters. The highest BCUT2D eigenvalue weighted by Crippen LogP contribution is 2.39. The van der Waals surface area contributed by atoms with Gasteiger partial charge in [0.2, 0.25) is 0 Å². The second kappa shape index (κ2) is 4.16. The van der Waals surface area contributed by atoms with Crippen LogP contribution in [0.25, 0.3) is 0 Å². The van der Waals surface area contributed by atoms with Crippen molar-refractivity contribution in [3.63, 3.8) is 0 Å². The molecule has 0 fully saturated rings. The van der Waals surface area contributed by atoms with Gasteiger partial charge in [0.15, 0.2) is 0 Å². The fourth-order valence-corrected chi connectivity index (χ4v) is 2.38. The zero-order valence-corrected chi connectivity index (χ0v) is 9.87. The summed E-state index contributed by atoms with van der Waals surface area (Å²) in [7, 11) is 3.27. The van der Waals surface area contributed by atoms with Gasteiger partial charge in [-0.2, -0.15) is 0 Å². The Kier molecular flexibility index (Phi) is 2.86. The van der Waals surface area contributed by atoms with E-state index in [0.29, 0.717) is 12.8 Å². The molecule has 86 valence electrons. The molecular weight excluding hydrogens is 204 g/mol. The number of hydrogen-bond donors (Lipinski definition) is 0. The van der Waals surface area contributed by atoms with E-state index in [1.54, 1.807) is 14.2 Å². The van der Waals surface area contributed by atoms with Crippen molar-refractivity contribution in [3.05, 3.63) is 23.3 Å². The van der Waals surface area contributed by atoms with Crippen LogP contribution in [-0.2, 0) is 11.2 Å². The molecule has 1 unspecified atom stereocenters. The van der Waals surface area contributed by atoms with Gasteiger partial charge in [-0.05, 0) is 17.5 Å². The third-order valence-corrected chi connectivity index (χ3v) is 3.07. The molecule has 0 heterocycles. The van der Waals surface area contributed by atoms with Crippen LogP contribution in [0, 0.1) is 0 Å². The van der Waals surface area contributed by atoms with Gasteiger partial charge in [-0.3, -0.25) is 4.79 Å². The van der Waals surface area contributed by atoms with Gasteiger partial charge in [-0.25, -0.2) is 0 Å². The monoisotopic (exact) mass is 220 g/mol. The minimum atomic E-state index is 0.233. The fourth-order valence-electron chi connectivity index (χ4n) is 2.38. The Balaban J connectivity index is 2.56. The van der Waals surface area contributed by atoms with Crippen molar-refractivity contribution < 1.29 is 14.3 Å². The molecule has 3 nitrogen and oxygen atoms in total. The Hall–Kier alpha value is -1.51. The van der Waals surface area contributed by atoms with Crippen LogP contribution in [0.4, 0.5) is 0 Å². The minimum absolute atomic E-state index is 0.233. The van der Waals surface area contributed by atoms with E-state index in [1.165, 1.54) is 0 Å². The average Bonchev–Trinajstić information content (AvgIpc) is 2.26. The molecular formula is C13H16O3. The summed E-state index contributed by atoms with van der Waals surface area (Å²) < 4.78 is 10.6. The fraction of sp³-hybridized carbons (Fsp3) is 0.462. The van der Waals surface area contributed by atoms with Crippen molar-refractivity contribution in [2.24, 2.45) is 0 Å². The number of benzene rings is 1. The Bertz CT molecular complexity index is 423. The summed E-state index contributed by atoms with van der Waals surface area (Å²) in [6.07, 6.45) is 1.10. The average molecular weight is 220 g/mol. The van der Waals surface area contributed by atoms with Gasteiger partial charge in [0.1, 0.15) is 17.3 Å². The molecule has 3 heteroatoms. The van der Waals surface area contributed by atoms with Crippen LogP contribution >= 0.6 is 0 Å². The predicted octanol–water partition coefficient (Wildman–Crippen LogP) is 2.32. The molecule has 0 saturated carbocycles. The van der Waals surface area contributed by atoms with E-state index in [0.717, 1.165) is 22.6 Å². The third kappa shape index (κ3) is 1.77. The molecule has 1 aromatic rings. The Morgan fingerprint density at radius 1 is 1.25 bits per heavy atom. The van der Waals surface area contributed by atoms with Gasteiger partial charge in [0.05, 0.1) is 14.2 Å². The first-order valence-corrected chi connectivity index (χ1v) is 5.42. The summed E-state index contributed by atoms with van der Waals surface area (Å²) in [4.78, 5) is 11.6. The second-order valence-corrected chi connectivity index (χ2v) is 4.22. The lowest BCUT2D eigenvalue weighted by molar-refractivity contribution is -0.119. The molecule has 0 spiro atoms. The standard InChI is InChI=1S/C13H16O3/c1-8-4-10(14)5-9-6-11(15-2)7-12(16-3)13(8)9/h6-8H,4-5H2,1-3H3. The van der Waals surface area contributed by atoms with E-state index < -0.39 is 0 Å². The molecule has 0 radical (unpaired) electrons. The van der Waals surface area contributed by atoms with Crippen molar-refractivity contribution in [2.75, 3.05) is 14.2 Å². The van der Waals surface area contributed by atoms with E-state index in [4.69, 9.17) is 9.47 Å². The predicted molar refractivity (Wildman–Crippen MR) is 61.3 cm³/mol. The van der Waals surface area contributed by atoms with Crippen LogP contribution < -0.4 is 9.47 Å². The zero-order chi connectivity index (χ0) is 11.7. The van der Waals surface area contributed by atoms with E-state index in [9.17, 15) is 4.79 Å². The lowest BCUT2D eigenvalue weighted by Crippen LogP contribution is -2.17. The van der Waals surface area contributed by atoms with Crippen LogP contribution in [0.1, 0.15) is 30.4 Å². The number of carbonyl (C=O) groups excluding carboxylic acids is 1. The van der Waals surface area contributed by atoms with Crippen molar-refractivity contribution in [3.8, 4) is 11.5 Å². The summed E-state index contributed by atoms with van der Waals surface area (Å²) in [6.45, 7) is 2.06. The zero-order valence-electron chi connectivity index (χ0n) is 9.87. The van der Waals surface area contributed by atoms with Crippen molar-refractivity contribution in [1.82, 2.24) is 0 Å². The van der Waals surface area contributed by atoms with E-state index in [-0.39, 0.29) is 11.7 Å². The van der Waals surface area contributed by atoms with Gasteiger partial charge in [-0.1, -0.05) is 6.92 Å². The lowest BCUT2D eigenvalue weighted by atomic mass is 9.82. The maximum atomic E-state index is 11.6. The molecule has 0 N–H and O–H groups in total. The van der Waals surface area contributed by atoms with Crippen molar-refractivity contribution in [2.45, 2.75) is 25.7 Å². The number of ether oxygens (including phenoxy) is 2. The summed E-state index contributed by atoms with van der Waals surface area (Å²) in [5, 5.41) is 0. The van der Waals surface area contributed by atoms with Crippen LogP contribution in [0.5, 0.6) is 11.5 Å². The molecule has 16 heavy (non-hydrogen) atoms. The molecule has 1 aromatic carbocycles. The summed E-state index contributed by atoms with van der Waals surface area (Å²) in [6, 6.07) is 3.82. The summed E-state index contributed by atoms with van der Waals surface area (Å²) >= 11 is 0. The van der Waals surface area contributed by atoms with Gasteiger partial charge >= 0.3 is 0 Å². The normalized spacial score (nSPS) is 19.2. The first-order valence-electron chi connectivity index (χ1n) is 5.42. The van der Waals surface area contributed by atoms with Gasteiger partial charge < -0.3 is 9.47 Å². The maximum absolute atomic E-state index is 11.6. The van der Waals surface area contributed by atoms with E-state index in [1.807, 2.05) is 12.1 Å². The Morgan fingerprint density at radius 3 is 2.62 bits per heavy atom. The van der Waals surface area contributed by atoms with Crippen LogP contribution in [0.3, 0.4) is 0 Å². The second-order valence-electron chi connectivity index (χ2n) is 4.22. The molecule has 0 aromatic heterocycles. The van der Waals surface area contributed by atoms with Gasteiger partial charge in [0.25, 0.3) is 0 Å². The van der Waals surface area contributed by atoms with Crippen LogP contribution in [0.2, 0.25) is 0 Å². The lowest BCUT2D eigenvalue weighted by Gasteiger charge is -2.24. The topological polar surface area (TPSA) is 35.5 Å². The molecule has 0 saturated heterocycles. The molecule has 0 bridgehead atoms. The van der Waals surface area contributed by atoms with E-state index in [2.05, 4.69) is 6.92 Å². The quantitative estimate of drug-likeness (QED) is 0.767. The van der Waals surface area contributed by atoms with Gasteiger partial charge in [0, 0.05) is 24.5 Å². The molecule has 2 rings (SSSR count). The summed E-state index contributed by atoms with van der Waals surface area (Å²) in [5.41, 5.74) is 2.20. The number of Topliss-reactive ketones (excluding diaryl/α,β-unsaturated/α-hetero) is 1. The number of fused-ring (bicyclic) bond motifs is 1. The smallest absolute Gasteiger partial charge is 0.137 e. The molecule has 1 aliphatic rings. The van der Waals surface area contributed by atoms with Gasteiger partial charge in [-0.15, -0.1) is 0 Å². The van der Waals surface area contributed by atoms with Crippen LogP contribution in [-0.4, -0.2) is 20.0 Å². The minimum Gasteiger partial charge on any atom is -0.497 e. The molecule has 0 amide bonds. The van der Waals surface area contributed by atoms with E-state index >= 15 is 0 Å². The number of methoxy groups -OCH3 is 2. The van der Waals surface area contributed by atoms with Crippen molar-refractivity contribution >= 4 is 5.78 Å². The molecule has 0 aliphatic heterocycles. The highest BCUT2D eigenvalue weighted by molar-refractivity contribution is 5.84. The van der Waals surface area contributed by atoms with Crippen LogP contribution in [0.15, 0.2) is 12.1 Å². The number of carbonyl (C=O) groups is 1. The SMILES string of the molecule is COc1cc2c(c(OC)c1)C(C)CC(=O)C2. The third-order valence-electron chi connectivity index (χ3n) is 3.07. The molecule has 1 aliphatic carbocycles. The van der Waals surface area contributed by atoms with Crippen molar-refractivity contribution in [1.29, 1.82) is 0 Å². The highest BCUT2D eigenvalue weighted by Gasteiger charge is 2.26. The number of hydrogen-bond acceptors (Lipinski definition) is 3. The largest absolute Gasteiger partial charge is 0.497 e. The Labute approximate surface area is 95.4 Å². The first kappa shape index (κ1) is 11.0. The maximum Gasteiger partial charge on any atom is 0.137 e. The first-order chi connectivity index (χ1) is 7.65.